The summed E-state index contributed by atoms with van der Waals surface area (Å²) in [5.74, 6) is 0. The summed E-state index contributed by atoms with van der Waals surface area (Å²) in [6.45, 7) is 0.615. The van der Waals surface area contributed by atoms with E-state index in [4.69, 9.17) is 10.00 Å². The minimum atomic E-state index is -0.146. The van der Waals surface area contributed by atoms with Crippen LogP contribution in [0.2, 0.25) is 0 Å². The van der Waals surface area contributed by atoms with E-state index in [9.17, 15) is 0 Å². The van der Waals surface area contributed by atoms with Gasteiger partial charge in [0.1, 0.15) is 0 Å². The molecule has 1 aliphatic carbocycles. The minimum Gasteiger partial charge on any atom is -0.383 e. The molecule has 0 bridgehead atoms. The van der Waals surface area contributed by atoms with E-state index >= 15 is 0 Å². The first-order chi connectivity index (χ1) is 5.33. The van der Waals surface area contributed by atoms with E-state index in [1.165, 1.54) is 19.3 Å². The van der Waals surface area contributed by atoms with Crippen molar-refractivity contribution in [3.8, 4) is 6.07 Å². The van der Waals surface area contributed by atoms with Crippen molar-refractivity contribution in [3.05, 3.63) is 0 Å². The number of hydrogen-bond donors (Lipinski definition) is 0. The Hall–Kier alpha value is -0.550. The van der Waals surface area contributed by atoms with Crippen molar-refractivity contribution < 1.29 is 4.74 Å². The predicted octanol–water partition coefficient (Wildman–Crippen LogP) is 2.11. The summed E-state index contributed by atoms with van der Waals surface area (Å²) in [4.78, 5) is 0. The molecule has 0 unspecified atom stereocenters. The van der Waals surface area contributed by atoms with Crippen LogP contribution >= 0.6 is 0 Å². The van der Waals surface area contributed by atoms with E-state index < -0.39 is 0 Å². The van der Waals surface area contributed by atoms with Crippen LogP contribution < -0.4 is 0 Å². The average molecular weight is 153 g/mol. The molecule has 0 aromatic rings. The topological polar surface area (TPSA) is 33.0 Å². The lowest BCUT2D eigenvalue weighted by atomic mass is 9.76. The number of methoxy groups -OCH3 is 1. The van der Waals surface area contributed by atoms with Crippen molar-refractivity contribution >= 4 is 0 Å². The third-order valence-corrected chi connectivity index (χ3v) is 2.47. The molecule has 0 N–H and O–H groups in total. The van der Waals surface area contributed by atoms with Crippen molar-refractivity contribution in [1.29, 1.82) is 5.26 Å². The molecule has 2 heteroatoms. The normalized spacial score (nSPS) is 22.5. The molecule has 0 spiro atoms. The van der Waals surface area contributed by atoms with Crippen LogP contribution in [-0.2, 0) is 4.74 Å². The smallest absolute Gasteiger partial charge is 0.0806 e. The summed E-state index contributed by atoms with van der Waals surface area (Å²) in [5, 5.41) is 8.94. The predicted molar refractivity (Wildman–Crippen MR) is 43.0 cm³/mol. The van der Waals surface area contributed by atoms with Gasteiger partial charge in [0.2, 0.25) is 0 Å². The van der Waals surface area contributed by atoms with Crippen LogP contribution in [0.15, 0.2) is 0 Å². The van der Waals surface area contributed by atoms with Gasteiger partial charge in [-0.2, -0.15) is 5.26 Å². The Morgan fingerprint density at radius 3 is 2.45 bits per heavy atom. The van der Waals surface area contributed by atoms with Crippen LogP contribution in [0.1, 0.15) is 32.1 Å². The SMILES string of the molecule is COCC1(C#N)CCCCC1. The molecule has 0 aliphatic heterocycles. The molecule has 2 nitrogen and oxygen atoms in total. The first-order valence-electron chi connectivity index (χ1n) is 4.23. The quantitative estimate of drug-likeness (QED) is 0.608. The Morgan fingerprint density at radius 1 is 1.36 bits per heavy atom. The van der Waals surface area contributed by atoms with Gasteiger partial charge in [-0.05, 0) is 12.8 Å². The highest BCUT2D eigenvalue weighted by atomic mass is 16.5. The van der Waals surface area contributed by atoms with Crippen LogP contribution in [0.25, 0.3) is 0 Å². The fourth-order valence-corrected chi connectivity index (χ4v) is 1.79. The summed E-state index contributed by atoms with van der Waals surface area (Å²) in [6.07, 6.45) is 5.72. The van der Waals surface area contributed by atoms with Crippen molar-refractivity contribution in [2.75, 3.05) is 13.7 Å². The first kappa shape index (κ1) is 8.55. The summed E-state index contributed by atoms with van der Waals surface area (Å²) >= 11 is 0. The third-order valence-electron chi connectivity index (χ3n) is 2.47. The second kappa shape index (κ2) is 3.73. The van der Waals surface area contributed by atoms with Gasteiger partial charge in [-0.15, -0.1) is 0 Å². The molecule has 1 saturated carbocycles. The molecule has 0 heterocycles. The Morgan fingerprint density at radius 2 is 2.00 bits per heavy atom. The van der Waals surface area contributed by atoms with E-state index in [0.717, 1.165) is 12.8 Å². The van der Waals surface area contributed by atoms with Gasteiger partial charge in [0.05, 0.1) is 18.1 Å². The summed E-state index contributed by atoms with van der Waals surface area (Å²) < 4.78 is 5.05. The van der Waals surface area contributed by atoms with E-state index in [-0.39, 0.29) is 5.41 Å². The van der Waals surface area contributed by atoms with E-state index in [1.807, 2.05) is 0 Å². The van der Waals surface area contributed by atoms with E-state index in [2.05, 4.69) is 6.07 Å². The van der Waals surface area contributed by atoms with Gasteiger partial charge >= 0.3 is 0 Å². The van der Waals surface area contributed by atoms with Crippen molar-refractivity contribution in [3.63, 3.8) is 0 Å². The maximum absolute atomic E-state index is 8.94. The van der Waals surface area contributed by atoms with Crippen LogP contribution in [0.3, 0.4) is 0 Å². The zero-order valence-corrected chi connectivity index (χ0v) is 7.10. The largest absolute Gasteiger partial charge is 0.383 e. The van der Waals surface area contributed by atoms with Gasteiger partial charge in [-0.25, -0.2) is 0 Å². The van der Waals surface area contributed by atoms with Crippen molar-refractivity contribution in [1.82, 2.24) is 0 Å². The number of nitriles is 1. The zero-order chi connectivity index (χ0) is 8.16. The lowest BCUT2D eigenvalue weighted by molar-refractivity contribution is 0.0889. The molecule has 0 aromatic heterocycles. The zero-order valence-electron chi connectivity index (χ0n) is 7.10. The fourth-order valence-electron chi connectivity index (χ4n) is 1.79. The standard InChI is InChI=1S/C9H15NO/c1-11-8-9(7-10)5-3-2-4-6-9/h2-6,8H2,1H3. The second-order valence-electron chi connectivity index (χ2n) is 3.39. The van der Waals surface area contributed by atoms with E-state index in [1.54, 1.807) is 7.11 Å². The highest BCUT2D eigenvalue weighted by molar-refractivity contribution is 5.00. The van der Waals surface area contributed by atoms with Gasteiger partial charge in [0.25, 0.3) is 0 Å². The van der Waals surface area contributed by atoms with Gasteiger partial charge in [0.15, 0.2) is 0 Å². The lowest BCUT2D eigenvalue weighted by Gasteiger charge is -2.29. The average Bonchev–Trinajstić information content (AvgIpc) is 2.07. The molecule has 1 aliphatic rings. The van der Waals surface area contributed by atoms with Crippen molar-refractivity contribution in [2.45, 2.75) is 32.1 Å². The van der Waals surface area contributed by atoms with Crippen molar-refractivity contribution in [2.24, 2.45) is 5.41 Å². The minimum absolute atomic E-state index is 0.146. The fraction of sp³-hybridized carbons (Fsp3) is 0.889. The maximum atomic E-state index is 8.94. The van der Waals surface area contributed by atoms with Gasteiger partial charge in [0, 0.05) is 7.11 Å². The molecule has 0 atom stereocenters. The molecule has 0 aromatic carbocycles. The monoisotopic (exact) mass is 153 g/mol. The highest BCUT2D eigenvalue weighted by Crippen LogP contribution is 2.35. The Labute approximate surface area is 68.2 Å². The molecule has 11 heavy (non-hydrogen) atoms. The maximum Gasteiger partial charge on any atom is 0.0806 e. The number of ether oxygens (including phenoxy) is 1. The summed E-state index contributed by atoms with van der Waals surface area (Å²) in [7, 11) is 1.67. The van der Waals surface area contributed by atoms with E-state index in [0.29, 0.717) is 6.61 Å². The molecule has 1 fully saturated rings. The lowest BCUT2D eigenvalue weighted by Crippen LogP contribution is -2.27. The second-order valence-corrected chi connectivity index (χ2v) is 3.39. The summed E-state index contributed by atoms with van der Waals surface area (Å²) in [5.41, 5.74) is -0.146. The molecular weight excluding hydrogens is 138 g/mol. The van der Waals surface area contributed by atoms with Crippen LogP contribution in [-0.4, -0.2) is 13.7 Å². The highest BCUT2D eigenvalue weighted by Gasteiger charge is 2.31. The molecule has 1 rings (SSSR count). The molecule has 0 radical (unpaired) electrons. The molecule has 62 valence electrons. The van der Waals surface area contributed by atoms with Gasteiger partial charge in [-0.3, -0.25) is 0 Å². The number of nitrogens with zero attached hydrogens (tertiary/aromatic N) is 1. The summed E-state index contributed by atoms with van der Waals surface area (Å²) in [6, 6.07) is 2.39. The van der Waals surface area contributed by atoms with Gasteiger partial charge < -0.3 is 4.74 Å². The molecule has 0 amide bonds. The number of hydrogen-bond acceptors (Lipinski definition) is 2. The van der Waals surface area contributed by atoms with Crippen LogP contribution in [0, 0.1) is 16.7 Å². The Kier molecular flexibility index (Phi) is 2.90. The third kappa shape index (κ3) is 1.94. The molecular formula is C9H15NO. The first-order valence-corrected chi connectivity index (χ1v) is 4.23. The Balaban J connectivity index is 2.51. The molecule has 0 saturated heterocycles. The van der Waals surface area contributed by atoms with Crippen LogP contribution in [0.4, 0.5) is 0 Å². The number of rotatable bonds is 2. The van der Waals surface area contributed by atoms with Crippen LogP contribution in [0.5, 0.6) is 0 Å². The van der Waals surface area contributed by atoms with Gasteiger partial charge in [-0.1, -0.05) is 19.3 Å². The Bertz CT molecular complexity index is 148.